The largest absolute Gasteiger partial charge is 0.480 e. The Balaban J connectivity index is 0.000000400. The topological polar surface area (TPSA) is 158 Å². The molecule has 0 aromatic heterocycles. The maximum Gasteiger partial charge on any atom is 0.336 e. The average molecular weight is 300 g/mol. The minimum atomic E-state index is -1.23. The van der Waals surface area contributed by atoms with E-state index in [2.05, 4.69) is 4.74 Å². The number of carboxylic acids is 4. The van der Waals surface area contributed by atoms with Crippen molar-refractivity contribution in [1.29, 1.82) is 0 Å². The molecule has 0 aliphatic carbocycles. The molecule has 0 aliphatic rings. The van der Waals surface area contributed by atoms with Gasteiger partial charge in [0.15, 0.2) is 0 Å². The van der Waals surface area contributed by atoms with Gasteiger partial charge < -0.3 is 25.2 Å². The predicted molar refractivity (Wildman–Crippen MR) is 66.5 cm³/mol. The SMILES string of the molecule is O=C(O)COCC(=O)O.O=C(O)c1ccccc1C(=O)O. The van der Waals surface area contributed by atoms with Crippen LogP contribution in [0.4, 0.5) is 0 Å². The van der Waals surface area contributed by atoms with Crippen LogP contribution >= 0.6 is 0 Å². The van der Waals surface area contributed by atoms with Gasteiger partial charge in [0.25, 0.3) is 0 Å². The molecule has 0 heterocycles. The van der Waals surface area contributed by atoms with E-state index in [0.29, 0.717) is 0 Å². The lowest BCUT2D eigenvalue weighted by Crippen LogP contribution is -2.13. The first-order valence-corrected chi connectivity index (χ1v) is 5.32. The lowest BCUT2D eigenvalue weighted by molar-refractivity contribution is -0.148. The first-order chi connectivity index (χ1) is 9.75. The molecule has 9 heteroatoms. The molecule has 0 unspecified atom stereocenters. The van der Waals surface area contributed by atoms with Crippen molar-refractivity contribution in [3.05, 3.63) is 35.4 Å². The molecule has 1 rings (SSSR count). The zero-order valence-electron chi connectivity index (χ0n) is 10.6. The number of rotatable bonds is 6. The van der Waals surface area contributed by atoms with Gasteiger partial charge in [0.05, 0.1) is 11.1 Å². The van der Waals surface area contributed by atoms with Crippen LogP contribution < -0.4 is 0 Å². The molecule has 0 spiro atoms. The fourth-order valence-electron chi connectivity index (χ4n) is 1.08. The van der Waals surface area contributed by atoms with Gasteiger partial charge in [-0.05, 0) is 12.1 Å². The van der Waals surface area contributed by atoms with Crippen LogP contribution in [-0.2, 0) is 14.3 Å². The summed E-state index contributed by atoms with van der Waals surface area (Å²) in [5, 5.41) is 32.9. The zero-order chi connectivity index (χ0) is 16.4. The first-order valence-electron chi connectivity index (χ1n) is 5.32. The van der Waals surface area contributed by atoms with Crippen molar-refractivity contribution < 1.29 is 44.3 Å². The van der Waals surface area contributed by atoms with E-state index < -0.39 is 37.1 Å². The molecule has 1 aromatic carbocycles. The van der Waals surface area contributed by atoms with Gasteiger partial charge >= 0.3 is 23.9 Å². The van der Waals surface area contributed by atoms with Crippen molar-refractivity contribution in [2.75, 3.05) is 13.2 Å². The molecule has 0 radical (unpaired) electrons. The normalized spacial score (nSPS) is 9.14. The van der Waals surface area contributed by atoms with Gasteiger partial charge in [-0.25, -0.2) is 19.2 Å². The fourth-order valence-corrected chi connectivity index (χ4v) is 1.08. The smallest absolute Gasteiger partial charge is 0.336 e. The van der Waals surface area contributed by atoms with Gasteiger partial charge in [-0.2, -0.15) is 0 Å². The Kier molecular flexibility index (Phi) is 7.78. The molecule has 0 aliphatic heterocycles. The number of hydrogen-bond donors (Lipinski definition) is 4. The maximum atomic E-state index is 10.5. The third-order valence-electron chi connectivity index (χ3n) is 1.84. The van der Waals surface area contributed by atoms with Gasteiger partial charge in [0, 0.05) is 0 Å². The van der Waals surface area contributed by atoms with Crippen LogP contribution in [0.5, 0.6) is 0 Å². The predicted octanol–water partition coefficient (Wildman–Crippen LogP) is 0.255. The van der Waals surface area contributed by atoms with Crippen LogP contribution in [0, 0.1) is 0 Å². The van der Waals surface area contributed by atoms with Gasteiger partial charge in [0.2, 0.25) is 0 Å². The molecule has 0 bridgehead atoms. The Morgan fingerprint density at radius 2 is 1.10 bits per heavy atom. The van der Waals surface area contributed by atoms with Crippen LogP contribution in [0.15, 0.2) is 24.3 Å². The molecule has 0 saturated heterocycles. The number of benzene rings is 1. The zero-order valence-corrected chi connectivity index (χ0v) is 10.6. The van der Waals surface area contributed by atoms with Crippen molar-refractivity contribution in [3.63, 3.8) is 0 Å². The summed E-state index contributed by atoms with van der Waals surface area (Å²) >= 11 is 0. The minimum Gasteiger partial charge on any atom is -0.480 e. The molecule has 21 heavy (non-hydrogen) atoms. The maximum absolute atomic E-state index is 10.5. The van der Waals surface area contributed by atoms with Crippen molar-refractivity contribution >= 4 is 23.9 Å². The van der Waals surface area contributed by atoms with Crippen LogP contribution in [0.3, 0.4) is 0 Å². The average Bonchev–Trinajstić information content (AvgIpc) is 2.38. The summed E-state index contributed by atoms with van der Waals surface area (Å²) in [6, 6.07) is 5.48. The number of carboxylic acid groups (broad SMARTS) is 4. The Morgan fingerprint density at radius 3 is 1.33 bits per heavy atom. The van der Waals surface area contributed by atoms with E-state index in [4.69, 9.17) is 20.4 Å². The summed E-state index contributed by atoms with van der Waals surface area (Å²) in [5.41, 5.74) is -0.380. The number of ether oxygens (including phenoxy) is 1. The van der Waals surface area contributed by atoms with Crippen molar-refractivity contribution in [1.82, 2.24) is 0 Å². The molecule has 0 saturated carbocycles. The Hall–Kier alpha value is -2.94. The highest BCUT2D eigenvalue weighted by molar-refractivity contribution is 6.01. The lowest BCUT2D eigenvalue weighted by Gasteiger charge is -1.98. The molecule has 0 atom stereocenters. The van der Waals surface area contributed by atoms with E-state index in [1.165, 1.54) is 24.3 Å². The molecular weight excluding hydrogens is 288 g/mol. The van der Waals surface area contributed by atoms with E-state index in [1.54, 1.807) is 0 Å². The van der Waals surface area contributed by atoms with E-state index in [9.17, 15) is 19.2 Å². The van der Waals surface area contributed by atoms with Crippen molar-refractivity contribution in [2.45, 2.75) is 0 Å². The van der Waals surface area contributed by atoms with Gasteiger partial charge in [-0.3, -0.25) is 0 Å². The van der Waals surface area contributed by atoms with E-state index in [1.807, 2.05) is 0 Å². The van der Waals surface area contributed by atoms with E-state index in [-0.39, 0.29) is 11.1 Å². The second-order valence-corrected chi connectivity index (χ2v) is 3.44. The van der Waals surface area contributed by atoms with E-state index in [0.717, 1.165) is 0 Å². The lowest BCUT2D eigenvalue weighted by atomic mass is 10.1. The van der Waals surface area contributed by atoms with E-state index >= 15 is 0 Å². The number of aromatic carboxylic acids is 2. The van der Waals surface area contributed by atoms with Crippen LogP contribution in [-0.4, -0.2) is 57.5 Å². The summed E-state index contributed by atoms with van der Waals surface area (Å²) < 4.78 is 4.16. The molecule has 0 amide bonds. The first kappa shape index (κ1) is 18.1. The number of aliphatic carboxylic acids is 2. The summed E-state index contributed by atoms with van der Waals surface area (Å²) in [6.07, 6.45) is 0. The second kappa shape index (κ2) is 9.04. The van der Waals surface area contributed by atoms with Gasteiger partial charge in [-0.15, -0.1) is 0 Å². The third-order valence-corrected chi connectivity index (χ3v) is 1.84. The Labute approximate surface area is 118 Å². The Morgan fingerprint density at radius 1 is 0.762 bits per heavy atom. The number of hydrogen-bond acceptors (Lipinski definition) is 5. The van der Waals surface area contributed by atoms with Gasteiger partial charge in [0.1, 0.15) is 13.2 Å². The molecule has 114 valence electrons. The quantitative estimate of drug-likeness (QED) is 0.577. The highest BCUT2D eigenvalue weighted by Crippen LogP contribution is 2.07. The molecule has 1 aromatic rings. The van der Waals surface area contributed by atoms with Crippen LogP contribution in [0.25, 0.3) is 0 Å². The van der Waals surface area contributed by atoms with Crippen LogP contribution in [0.1, 0.15) is 20.7 Å². The summed E-state index contributed by atoms with van der Waals surface area (Å²) in [6.45, 7) is -1.13. The molecular formula is C12H12O9. The minimum absolute atomic E-state index is 0.190. The van der Waals surface area contributed by atoms with Crippen molar-refractivity contribution in [2.24, 2.45) is 0 Å². The molecule has 9 nitrogen and oxygen atoms in total. The van der Waals surface area contributed by atoms with Crippen LogP contribution in [0.2, 0.25) is 0 Å². The summed E-state index contributed by atoms with van der Waals surface area (Å²) in [4.78, 5) is 40.3. The Bertz CT molecular complexity index is 488. The molecule has 4 N–H and O–H groups in total. The monoisotopic (exact) mass is 300 g/mol. The summed E-state index contributed by atoms with van der Waals surface area (Å²) in [7, 11) is 0. The summed E-state index contributed by atoms with van der Waals surface area (Å²) in [5.74, 6) is -4.80. The highest BCUT2D eigenvalue weighted by atomic mass is 16.5. The van der Waals surface area contributed by atoms with Gasteiger partial charge in [-0.1, -0.05) is 12.1 Å². The molecule has 0 fully saturated rings. The standard InChI is InChI=1S/C8H6O4.C4H6O5/c9-7(10)5-3-1-2-4-6(5)8(11)12;5-3(6)1-9-2-4(7)8/h1-4H,(H,9,10)(H,11,12);1-2H2,(H,5,6)(H,7,8). The number of carbonyl (C=O) groups is 4. The fraction of sp³-hybridized carbons (Fsp3) is 0.167. The third kappa shape index (κ3) is 7.95. The highest BCUT2D eigenvalue weighted by Gasteiger charge is 2.13. The second-order valence-electron chi connectivity index (χ2n) is 3.44. The van der Waals surface area contributed by atoms with Crippen molar-refractivity contribution in [3.8, 4) is 0 Å².